The van der Waals surface area contributed by atoms with E-state index in [1.54, 1.807) is 0 Å². The van der Waals surface area contributed by atoms with E-state index < -0.39 is 0 Å². The minimum Gasteiger partial charge on any atom is -0.377 e. The molecule has 16 heavy (non-hydrogen) atoms. The SMILES string of the molecule is CNC(Cc1cncc(Br)c1)C1CCCO1. The molecule has 0 spiro atoms. The molecule has 1 saturated heterocycles. The molecule has 1 aliphatic heterocycles. The lowest BCUT2D eigenvalue weighted by Gasteiger charge is -2.22. The van der Waals surface area contributed by atoms with Gasteiger partial charge in [-0.05, 0) is 53.9 Å². The zero-order valence-corrected chi connectivity index (χ0v) is 11.0. The summed E-state index contributed by atoms with van der Waals surface area (Å²) in [6.07, 6.45) is 7.39. The Morgan fingerprint density at radius 3 is 3.12 bits per heavy atom. The highest BCUT2D eigenvalue weighted by Crippen LogP contribution is 2.19. The van der Waals surface area contributed by atoms with E-state index in [4.69, 9.17) is 4.74 Å². The van der Waals surface area contributed by atoms with Crippen LogP contribution in [0, 0.1) is 0 Å². The van der Waals surface area contributed by atoms with Gasteiger partial charge in [-0.15, -0.1) is 0 Å². The Hall–Kier alpha value is -0.450. The second kappa shape index (κ2) is 5.75. The standard InChI is InChI=1S/C12H17BrN2O/c1-14-11(12-3-2-4-16-12)6-9-5-10(13)8-15-7-9/h5,7-8,11-12,14H,2-4,6H2,1H3. The van der Waals surface area contributed by atoms with Crippen molar-refractivity contribution >= 4 is 15.9 Å². The van der Waals surface area contributed by atoms with Crippen molar-refractivity contribution in [2.45, 2.75) is 31.4 Å². The van der Waals surface area contributed by atoms with Crippen molar-refractivity contribution < 1.29 is 4.74 Å². The summed E-state index contributed by atoms with van der Waals surface area (Å²) in [7, 11) is 2.00. The smallest absolute Gasteiger partial charge is 0.0732 e. The Morgan fingerprint density at radius 2 is 2.50 bits per heavy atom. The largest absolute Gasteiger partial charge is 0.377 e. The zero-order valence-electron chi connectivity index (χ0n) is 9.45. The molecule has 0 saturated carbocycles. The Balaban J connectivity index is 2.00. The summed E-state index contributed by atoms with van der Waals surface area (Å²) < 4.78 is 6.75. The average molecular weight is 285 g/mol. The van der Waals surface area contributed by atoms with Gasteiger partial charge in [0.2, 0.25) is 0 Å². The minimum atomic E-state index is 0.351. The maximum atomic E-state index is 5.71. The Bertz CT molecular complexity index is 340. The highest BCUT2D eigenvalue weighted by Gasteiger charge is 2.24. The lowest BCUT2D eigenvalue weighted by molar-refractivity contribution is 0.0808. The first kappa shape index (κ1) is 12.0. The molecule has 2 unspecified atom stereocenters. The first-order valence-corrected chi connectivity index (χ1v) is 6.47. The third-order valence-corrected chi connectivity index (χ3v) is 3.44. The van der Waals surface area contributed by atoms with Gasteiger partial charge in [0.25, 0.3) is 0 Å². The van der Waals surface area contributed by atoms with E-state index in [0.29, 0.717) is 12.1 Å². The van der Waals surface area contributed by atoms with Gasteiger partial charge < -0.3 is 10.1 Å². The first-order chi connectivity index (χ1) is 7.79. The van der Waals surface area contributed by atoms with E-state index in [9.17, 15) is 0 Å². The molecule has 2 rings (SSSR count). The molecule has 0 amide bonds. The van der Waals surface area contributed by atoms with Crippen LogP contribution in [0.2, 0.25) is 0 Å². The first-order valence-electron chi connectivity index (χ1n) is 5.68. The topological polar surface area (TPSA) is 34.2 Å². The summed E-state index contributed by atoms with van der Waals surface area (Å²) in [5, 5.41) is 3.34. The number of rotatable bonds is 4. The van der Waals surface area contributed by atoms with Crippen LogP contribution >= 0.6 is 15.9 Å². The Labute approximate surface area is 105 Å². The highest BCUT2D eigenvalue weighted by molar-refractivity contribution is 9.10. The summed E-state index contributed by atoms with van der Waals surface area (Å²) in [5.74, 6) is 0. The predicted molar refractivity (Wildman–Crippen MR) is 67.5 cm³/mol. The fourth-order valence-corrected chi connectivity index (χ4v) is 2.57. The molecular formula is C12H17BrN2O. The van der Waals surface area contributed by atoms with E-state index in [1.807, 2.05) is 19.4 Å². The van der Waals surface area contributed by atoms with Crippen LogP contribution < -0.4 is 5.32 Å². The number of pyridine rings is 1. The van der Waals surface area contributed by atoms with Crippen LogP contribution in [0.1, 0.15) is 18.4 Å². The van der Waals surface area contributed by atoms with Crippen LogP contribution in [-0.2, 0) is 11.2 Å². The van der Waals surface area contributed by atoms with Crippen molar-refractivity contribution in [3.63, 3.8) is 0 Å². The maximum absolute atomic E-state index is 5.71. The number of likely N-dealkylation sites (N-methyl/N-ethyl adjacent to an activating group) is 1. The lowest BCUT2D eigenvalue weighted by atomic mass is 10.0. The molecule has 3 nitrogen and oxygen atoms in total. The summed E-state index contributed by atoms with van der Waals surface area (Å²) in [5.41, 5.74) is 1.24. The minimum absolute atomic E-state index is 0.351. The molecule has 1 aromatic rings. The van der Waals surface area contributed by atoms with Gasteiger partial charge in [-0.3, -0.25) is 4.98 Å². The third-order valence-electron chi connectivity index (χ3n) is 3.00. The summed E-state index contributed by atoms with van der Waals surface area (Å²) in [6, 6.07) is 2.50. The van der Waals surface area contributed by atoms with Crippen molar-refractivity contribution in [3.05, 3.63) is 28.5 Å². The number of nitrogens with zero attached hydrogens (tertiary/aromatic N) is 1. The molecule has 88 valence electrons. The number of halogens is 1. The summed E-state index contributed by atoms with van der Waals surface area (Å²) in [6.45, 7) is 0.902. The van der Waals surface area contributed by atoms with E-state index in [0.717, 1.165) is 23.9 Å². The highest BCUT2D eigenvalue weighted by atomic mass is 79.9. The van der Waals surface area contributed by atoms with Crippen LogP contribution in [-0.4, -0.2) is 30.8 Å². The van der Waals surface area contributed by atoms with Crippen molar-refractivity contribution in [3.8, 4) is 0 Å². The predicted octanol–water partition coefficient (Wildman–Crippen LogP) is 2.15. The molecule has 1 N–H and O–H groups in total. The zero-order chi connectivity index (χ0) is 11.4. The molecule has 0 radical (unpaired) electrons. The molecule has 1 aromatic heterocycles. The van der Waals surface area contributed by atoms with Gasteiger partial charge in [-0.25, -0.2) is 0 Å². The monoisotopic (exact) mass is 284 g/mol. The van der Waals surface area contributed by atoms with E-state index in [-0.39, 0.29) is 0 Å². The average Bonchev–Trinajstić information content (AvgIpc) is 2.79. The molecular weight excluding hydrogens is 268 g/mol. The van der Waals surface area contributed by atoms with Gasteiger partial charge in [0.05, 0.1) is 6.10 Å². The van der Waals surface area contributed by atoms with Crippen LogP contribution in [0.4, 0.5) is 0 Å². The van der Waals surface area contributed by atoms with Gasteiger partial charge in [0.1, 0.15) is 0 Å². The van der Waals surface area contributed by atoms with Gasteiger partial charge in [-0.1, -0.05) is 0 Å². The van der Waals surface area contributed by atoms with Crippen molar-refractivity contribution in [1.82, 2.24) is 10.3 Å². The fourth-order valence-electron chi connectivity index (χ4n) is 2.16. The number of aromatic nitrogens is 1. The van der Waals surface area contributed by atoms with Crippen molar-refractivity contribution in [2.75, 3.05) is 13.7 Å². The summed E-state index contributed by atoms with van der Waals surface area (Å²) >= 11 is 3.44. The Kier molecular flexibility index (Phi) is 4.32. The second-order valence-electron chi connectivity index (χ2n) is 4.16. The number of hydrogen-bond donors (Lipinski definition) is 1. The van der Waals surface area contributed by atoms with Crippen LogP contribution in [0.5, 0.6) is 0 Å². The molecule has 2 heterocycles. The van der Waals surface area contributed by atoms with Crippen LogP contribution in [0.25, 0.3) is 0 Å². The number of hydrogen-bond acceptors (Lipinski definition) is 3. The van der Waals surface area contributed by atoms with Crippen LogP contribution in [0.3, 0.4) is 0 Å². The van der Waals surface area contributed by atoms with Crippen molar-refractivity contribution in [2.24, 2.45) is 0 Å². The lowest BCUT2D eigenvalue weighted by Crippen LogP contribution is -2.39. The molecule has 0 aliphatic carbocycles. The maximum Gasteiger partial charge on any atom is 0.0732 e. The van der Waals surface area contributed by atoms with E-state index in [2.05, 4.69) is 32.3 Å². The second-order valence-corrected chi connectivity index (χ2v) is 5.08. The van der Waals surface area contributed by atoms with Gasteiger partial charge in [-0.2, -0.15) is 0 Å². The summed E-state index contributed by atoms with van der Waals surface area (Å²) in [4.78, 5) is 4.18. The molecule has 4 heteroatoms. The number of ether oxygens (including phenoxy) is 1. The molecule has 0 bridgehead atoms. The van der Waals surface area contributed by atoms with Crippen LogP contribution in [0.15, 0.2) is 22.9 Å². The molecule has 0 aromatic carbocycles. The molecule has 1 fully saturated rings. The normalized spacial score (nSPS) is 22.2. The number of nitrogens with one attached hydrogen (secondary N) is 1. The van der Waals surface area contributed by atoms with E-state index >= 15 is 0 Å². The van der Waals surface area contributed by atoms with E-state index in [1.165, 1.54) is 12.0 Å². The van der Waals surface area contributed by atoms with Gasteiger partial charge in [0.15, 0.2) is 0 Å². The fraction of sp³-hybridized carbons (Fsp3) is 0.583. The quantitative estimate of drug-likeness (QED) is 0.920. The molecule has 1 aliphatic rings. The van der Waals surface area contributed by atoms with Gasteiger partial charge in [0, 0.05) is 29.5 Å². The van der Waals surface area contributed by atoms with Gasteiger partial charge >= 0.3 is 0 Å². The third kappa shape index (κ3) is 3.03. The van der Waals surface area contributed by atoms with Crippen molar-refractivity contribution in [1.29, 1.82) is 0 Å². The Morgan fingerprint density at radius 1 is 1.62 bits per heavy atom. The molecule has 2 atom stereocenters.